The summed E-state index contributed by atoms with van der Waals surface area (Å²) in [5.41, 5.74) is 4.11. The highest BCUT2D eigenvalue weighted by Crippen LogP contribution is 2.29. The fourth-order valence-electron chi connectivity index (χ4n) is 3.56. The Morgan fingerprint density at radius 1 is 1.23 bits per heavy atom. The van der Waals surface area contributed by atoms with E-state index in [1.807, 2.05) is 48.5 Å². The molecule has 0 aliphatic carbocycles. The van der Waals surface area contributed by atoms with E-state index in [-0.39, 0.29) is 11.9 Å². The van der Waals surface area contributed by atoms with Crippen LogP contribution in [0.15, 0.2) is 84.0 Å². The van der Waals surface area contributed by atoms with Crippen molar-refractivity contribution in [1.29, 1.82) is 0 Å². The Balaban J connectivity index is 1.64. The van der Waals surface area contributed by atoms with Crippen LogP contribution >= 0.6 is 0 Å². The minimum absolute atomic E-state index is 0.222. The van der Waals surface area contributed by atoms with Gasteiger partial charge in [-0.3, -0.25) is 0 Å². The van der Waals surface area contributed by atoms with Crippen molar-refractivity contribution in [2.24, 2.45) is 0 Å². The zero-order valence-corrected chi connectivity index (χ0v) is 17.5. The average Bonchev–Trinajstić information content (AvgIpc) is 2.76. The number of aromatic hydroxyl groups is 1. The molecule has 1 unspecified atom stereocenters. The van der Waals surface area contributed by atoms with E-state index in [1.165, 1.54) is 5.57 Å². The van der Waals surface area contributed by atoms with E-state index in [1.54, 1.807) is 12.1 Å². The molecule has 0 saturated heterocycles. The van der Waals surface area contributed by atoms with Crippen LogP contribution in [0.25, 0.3) is 6.08 Å². The average molecular weight is 404 g/mol. The Bertz CT molecular complexity index is 904. The summed E-state index contributed by atoms with van der Waals surface area (Å²) in [5, 5.41) is 19.7. The molecule has 0 fully saturated rings. The molecule has 1 heterocycles. The van der Waals surface area contributed by atoms with Crippen LogP contribution in [-0.4, -0.2) is 30.0 Å². The van der Waals surface area contributed by atoms with Gasteiger partial charge in [0.25, 0.3) is 0 Å². The number of phenols is 1. The predicted octanol–water partition coefficient (Wildman–Crippen LogP) is 5.41. The van der Waals surface area contributed by atoms with E-state index in [4.69, 9.17) is 9.39 Å². The third-order valence-electron chi connectivity index (χ3n) is 5.19. The second-order valence-corrected chi connectivity index (χ2v) is 7.47. The van der Waals surface area contributed by atoms with Crippen molar-refractivity contribution in [3.8, 4) is 11.5 Å². The first-order chi connectivity index (χ1) is 14.5. The highest BCUT2D eigenvalue weighted by Gasteiger charge is 2.28. The molecule has 1 aliphatic heterocycles. The van der Waals surface area contributed by atoms with Gasteiger partial charge in [-0.15, -0.1) is 0 Å². The van der Waals surface area contributed by atoms with E-state index in [9.17, 15) is 10.1 Å². The van der Waals surface area contributed by atoms with Gasteiger partial charge in [-0.1, -0.05) is 61.6 Å². The van der Waals surface area contributed by atoms with Crippen LogP contribution in [-0.2, 0) is 4.65 Å². The Morgan fingerprint density at radius 2 is 2.03 bits per heavy atom. The van der Waals surface area contributed by atoms with Gasteiger partial charge in [0.05, 0.1) is 6.10 Å². The number of ether oxygens (including phenoxy) is 1. The van der Waals surface area contributed by atoms with Gasteiger partial charge in [0.15, 0.2) is 0 Å². The lowest BCUT2D eigenvalue weighted by Gasteiger charge is -2.28. The van der Waals surface area contributed by atoms with Crippen molar-refractivity contribution < 1.29 is 19.5 Å². The summed E-state index contributed by atoms with van der Waals surface area (Å²) in [6.07, 6.45) is 6.83. The maximum Gasteiger partial charge on any atom is 0.458 e. The van der Waals surface area contributed by atoms with Crippen LogP contribution in [0.2, 0.25) is 6.32 Å². The van der Waals surface area contributed by atoms with Crippen LogP contribution in [0, 0.1) is 0 Å². The van der Waals surface area contributed by atoms with Crippen molar-refractivity contribution in [3.05, 3.63) is 89.5 Å². The summed E-state index contributed by atoms with van der Waals surface area (Å²) in [6.45, 7) is 6.70. The monoisotopic (exact) mass is 404 g/mol. The summed E-state index contributed by atoms with van der Waals surface area (Å²) in [5.74, 6) is 1.06. The van der Waals surface area contributed by atoms with Crippen molar-refractivity contribution in [2.75, 3.05) is 6.61 Å². The molecule has 2 aromatic rings. The third kappa shape index (κ3) is 6.38. The zero-order chi connectivity index (χ0) is 21.3. The standard InChI is InChI=1S/C25H29BO4/c1-3-20(16-21-8-7-9-22(27)17-21)12-13-25-24(14-15-26(28)30-25)19(2)18-29-23-10-5-4-6-11-23/h4-11,14,16-17,25,27-28H,2-3,12-13,15,18H2,1H3/b20-16+. The molecule has 0 radical (unpaired) electrons. The number of hydrogen-bond acceptors (Lipinski definition) is 4. The van der Waals surface area contributed by atoms with E-state index < -0.39 is 7.12 Å². The number of para-hydroxylation sites is 1. The van der Waals surface area contributed by atoms with Crippen molar-refractivity contribution in [3.63, 3.8) is 0 Å². The van der Waals surface area contributed by atoms with E-state index in [0.29, 0.717) is 12.9 Å². The van der Waals surface area contributed by atoms with Gasteiger partial charge in [-0.2, -0.15) is 0 Å². The van der Waals surface area contributed by atoms with Crippen LogP contribution in [0.1, 0.15) is 31.7 Å². The molecule has 4 nitrogen and oxygen atoms in total. The lowest BCUT2D eigenvalue weighted by Crippen LogP contribution is -2.32. The SMILES string of the molecule is C=C(COc1ccccc1)C1=CCB(O)OC1CC/C(=C/c1cccc(O)c1)CC. The van der Waals surface area contributed by atoms with Crippen molar-refractivity contribution in [2.45, 2.75) is 38.6 Å². The van der Waals surface area contributed by atoms with Gasteiger partial charge in [0, 0.05) is 6.32 Å². The Labute approximate surface area is 179 Å². The first-order valence-corrected chi connectivity index (χ1v) is 10.4. The molecule has 0 aromatic heterocycles. The van der Waals surface area contributed by atoms with Crippen molar-refractivity contribution >= 4 is 13.2 Å². The molecule has 156 valence electrons. The van der Waals surface area contributed by atoms with Crippen molar-refractivity contribution in [1.82, 2.24) is 0 Å². The molecule has 2 N–H and O–H groups in total. The third-order valence-corrected chi connectivity index (χ3v) is 5.19. The molecule has 0 saturated carbocycles. The van der Waals surface area contributed by atoms with Crippen LogP contribution in [0.3, 0.4) is 0 Å². The number of allylic oxidation sites excluding steroid dienone is 2. The predicted molar refractivity (Wildman–Crippen MR) is 122 cm³/mol. The molecule has 1 aliphatic rings. The van der Waals surface area contributed by atoms with E-state index in [2.05, 4.69) is 19.6 Å². The highest BCUT2D eigenvalue weighted by atomic mass is 16.5. The van der Waals surface area contributed by atoms with E-state index in [0.717, 1.165) is 41.7 Å². The molecule has 0 spiro atoms. The number of rotatable bonds is 9. The quantitative estimate of drug-likeness (QED) is 0.549. The zero-order valence-electron chi connectivity index (χ0n) is 17.5. The number of benzene rings is 2. The lowest BCUT2D eigenvalue weighted by atomic mass is 9.78. The largest absolute Gasteiger partial charge is 0.508 e. The maximum absolute atomic E-state index is 10.0. The maximum atomic E-state index is 10.0. The Kier molecular flexibility index (Phi) is 7.94. The second-order valence-electron chi connectivity index (χ2n) is 7.47. The van der Waals surface area contributed by atoms with Crippen LogP contribution in [0.4, 0.5) is 0 Å². The van der Waals surface area contributed by atoms with Gasteiger partial charge < -0.3 is 19.5 Å². The van der Waals surface area contributed by atoms with E-state index >= 15 is 0 Å². The Hall–Kier alpha value is -2.76. The summed E-state index contributed by atoms with van der Waals surface area (Å²) in [6, 6.07) is 16.9. The molecular formula is C25H29BO4. The van der Waals surface area contributed by atoms with Gasteiger partial charge in [-0.05, 0) is 60.2 Å². The first-order valence-electron chi connectivity index (χ1n) is 10.4. The molecule has 5 heteroatoms. The van der Waals surface area contributed by atoms with Crippen LogP contribution in [0.5, 0.6) is 11.5 Å². The number of hydrogen-bond donors (Lipinski definition) is 2. The fraction of sp³-hybridized carbons (Fsp3) is 0.280. The summed E-state index contributed by atoms with van der Waals surface area (Å²) in [7, 11) is -0.790. The summed E-state index contributed by atoms with van der Waals surface area (Å²) in [4.78, 5) is 0. The number of phenolic OH excluding ortho intramolecular Hbond substituents is 1. The van der Waals surface area contributed by atoms with Gasteiger partial charge >= 0.3 is 7.12 Å². The molecule has 1 atom stereocenters. The van der Waals surface area contributed by atoms with Gasteiger partial charge in [0.2, 0.25) is 0 Å². The second kappa shape index (κ2) is 10.9. The molecule has 3 rings (SSSR count). The normalized spacial score (nSPS) is 16.9. The minimum Gasteiger partial charge on any atom is -0.508 e. The lowest BCUT2D eigenvalue weighted by molar-refractivity contribution is 0.181. The highest BCUT2D eigenvalue weighted by molar-refractivity contribution is 6.43. The smallest absolute Gasteiger partial charge is 0.458 e. The molecule has 0 amide bonds. The topological polar surface area (TPSA) is 58.9 Å². The van der Waals surface area contributed by atoms with Crippen LogP contribution < -0.4 is 4.74 Å². The first kappa shape index (κ1) is 21.9. The minimum atomic E-state index is -0.790. The van der Waals surface area contributed by atoms with Gasteiger partial charge in [-0.25, -0.2) is 0 Å². The molecule has 30 heavy (non-hydrogen) atoms. The molecule has 0 bridgehead atoms. The Morgan fingerprint density at radius 3 is 2.77 bits per heavy atom. The summed E-state index contributed by atoms with van der Waals surface area (Å²) >= 11 is 0. The molecule has 2 aromatic carbocycles. The summed E-state index contributed by atoms with van der Waals surface area (Å²) < 4.78 is 11.7. The van der Waals surface area contributed by atoms with Gasteiger partial charge in [0.1, 0.15) is 18.1 Å². The fourth-order valence-corrected chi connectivity index (χ4v) is 3.56. The molecular weight excluding hydrogens is 375 g/mol.